The van der Waals surface area contributed by atoms with Gasteiger partial charge in [0.25, 0.3) is 0 Å². The molecule has 0 N–H and O–H groups in total. The highest BCUT2D eigenvalue weighted by atomic mass is 35.5. The first-order valence-corrected chi connectivity index (χ1v) is 9.32. The molecule has 0 saturated heterocycles. The van der Waals surface area contributed by atoms with Crippen LogP contribution in [0.25, 0.3) is 33.1 Å². The van der Waals surface area contributed by atoms with E-state index in [-0.39, 0.29) is 5.41 Å². The van der Waals surface area contributed by atoms with Gasteiger partial charge < -0.3 is 4.42 Å². The fourth-order valence-corrected chi connectivity index (χ4v) is 4.93. The second-order valence-corrected chi connectivity index (χ2v) is 7.35. The quantitative estimate of drug-likeness (QED) is 0.370. The van der Waals surface area contributed by atoms with Gasteiger partial charge in [-0.25, -0.2) is 0 Å². The van der Waals surface area contributed by atoms with Crippen LogP contribution in [0.3, 0.4) is 0 Å². The first-order chi connectivity index (χ1) is 12.2. The Kier molecular flexibility index (Phi) is 3.08. The monoisotopic (exact) mass is 346 g/mol. The molecule has 2 heteroatoms. The van der Waals surface area contributed by atoms with Gasteiger partial charge in [-0.3, -0.25) is 0 Å². The number of fused-ring (bicyclic) bond motifs is 6. The number of hydrogen-bond donors (Lipinski definition) is 0. The van der Waals surface area contributed by atoms with Crippen LogP contribution in [0.4, 0.5) is 0 Å². The highest BCUT2D eigenvalue weighted by Crippen LogP contribution is 2.54. The smallest absolute Gasteiger partial charge is 0.153 e. The van der Waals surface area contributed by atoms with Crippen molar-refractivity contribution in [3.05, 3.63) is 70.7 Å². The molecule has 5 rings (SSSR count). The molecule has 0 fully saturated rings. The molecule has 1 aliphatic carbocycles. The summed E-state index contributed by atoms with van der Waals surface area (Å²) in [4.78, 5) is 0. The van der Waals surface area contributed by atoms with Crippen LogP contribution < -0.4 is 0 Å². The molecular formula is C23H19ClO. The fraction of sp³-hybridized carbons (Fsp3) is 0.217. The lowest BCUT2D eigenvalue weighted by Gasteiger charge is -2.29. The Morgan fingerprint density at radius 3 is 2.44 bits per heavy atom. The summed E-state index contributed by atoms with van der Waals surface area (Å²) >= 11 is 6.35. The van der Waals surface area contributed by atoms with Gasteiger partial charge in [-0.1, -0.05) is 61.8 Å². The van der Waals surface area contributed by atoms with Crippen LogP contribution in [0.15, 0.2) is 59.0 Å². The van der Waals surface area contributed by atoms with E-state index in [4.69, 9.17) is 16.0 Å². The normalized spacial score (nSPS) is 14.8. The third kappa shape index (κ3) is 1.79. The first kappa shape index (κ1) is 15.0. The minimum atomic E-state index is 0.0723. The zero-order valence-corrected chi connectivity index (χ0v) is 15.2. The summed E-state index contributed by atoms with van der Waals surface area (Å²) in [5, 5.41) is 2.91. The molecule has 0 radical (unpaired) electrons. The van der Waals surface area contributed by atoms with Crippen molar-refractivity contribution in [3.8, 4) is 11.1 Å². The third-order valence-electron chi connectivity index (χ3n) is 6.04. The molecule has 0 saturated carbocycles. The molecule has 1 heterocycles. The first-order valence-electron chi connectivity index (χ1n) is 8.94. The van der Waals surface area contributed by atoms with Crippen molar-refractivity contribution in [2.75, 3.05) is 0 Å². The number of rotatable bonds is 2. The summed E-state index contributed by atoms with van der Waals surface area (Å²) < 4.78 is 6.16. The molecule has 3 aromatic carbocycles. The summed E-state index contributed by atoms with van der Waals surface area (Å²) in [6, 6.07) is 19.4. The molecular weight excluding hydrogens is 328 g/mol. The van der Waals surface area contributed by atoms with E-state index in [2.05, 4.69) is 56.3 Å². The highest BCUT2D eigenvalue weighted by Gasteiger charge is 2.40. The van der Waals surface area contributed by atoms with E-state index < -0.39 is 0 Å². The van der Waals surface area contributed by atoms with Crippen LogP contribution in [0.5, 0.6) is 0 Å². The van der Waals surface area contributed by atoms with Crippen molar-refractivity contribution >= 4 is 33.5 Å². The molecule has 0 unspecified atom stereocenters. The molecule has 124 valence electrons. The molecule has 1 aromatic heterocycles. The van der Waals surface area contributed by atoms with E-state index in [0.29, 0.717) is 5.02 Å². The van der Waals surface area contributed by atoms with Crippen molar-refractivity contribution < 1.29 is 4.42 Å². The molecule has 0 spiro atoms. The molecule has 0 aliphatic heterocycles. The van der Waals surface area contributed by atoms with Crippen LogP contribution in [0.1, 0.15) is 37.8 Å². The summed E-state index contributed by atoms with van der Waals surface area (Å²) in [6.07, 6.45) is 2.17. The molecule has 0 atom stereocenters. The zero-order valence-electron chi connectivity index (χ0n) is 14.4. The zero-order chi connectivity index (χ0) is 17.2. The average Bonchev–Trinajstić information content (AvgIpc) is 3.15. The maximum Gasteiger partial charge on any atom is 0.153 e. The maximum atomic E-state index is 6.35. The Bertz CT molecular complexity index is 1130. The molecule has 1 aliphatic rings. The minimum Gasteiger partial charge on any atom is -0.454 e. The molecule has 0 amide bonds. The van der Waals surface area contributed by atoms with Gasteiger partial charge in [-0.2, -0.15) is 0 Å². The van der Waals surface area contributed by atoms with Crippen LogP contribution in [0, 0.1) is 0 Å². The van der Waals surface area contributed by atoms with Crippen LogP contribution in [0.2, 0.25) is 5.02 Å². The summed E-state index contributed by atoms with van der Waals surface area (Å²) in [5.74, 6) is 0. The van der Waals surface area contributed by atoms with Crippen molar-refractivity contribution in [1.82, 2.24) is 0 Å². The largest absolute Gasteiger partial charge is 0.454 e. The van der Waals surface area contributed by atoms with Gasteiger partial charge in [-0.05, 0) is 53.3 Å². The van der Waals surface area contributed by atoms with E-state index in [9.17, 15) is 0 Å². The SMILES string of the molecule is CCC1(CC)c2ccccc2-c2cc3c(cc21)oc1c(Cl)cccc13. The topological polar surface area (TPSA) is 13.1 Å². The van der Waals surface area contributed by atoms with Crippen molar-refractivity contribution in [3.63, 3.8) is 0 Å². The van der Waals surface area contributed by atoms with E-state index in [1.807, 2.05) is 12.1 Å². The van der Waals surface area contributed by atoms with Crippen molar-refractivity contribution in [2.24, 2.45) is 0 Å². The Balaban J connectivity index is 1.94. The van der Waals surface area contributed by atoms with Crippen LogP contribution in [-0.4, -0.2) is 0 Å². The molecule has 4 aromatic rings. The van der Waals surface area contributed by atoms with Crippen molar-refractivity contribution in [1.29, 1.82) is 0 Å². The predicted octanol–water partition coefficient (Wildman–Crippen LogP) is 7.33. The van der Waals surface area contributed by atoms with Crippen LogP contribution in [-0.2, 0) is 5.41 Å². The van der Waals surface area contributed by atoms with E-state index in [1.165, 1.54) is 22.3 Å². The van der Waals surface area contributed by atoms with Crippen molar-refractivity contribution in [2.45, 2.75) is 32.1 Å². The van der Waals surface area contributed by atoms with Crippen LogP contribution >= 0.6 is 11.6 Å². The van der Waals surface area contributed by atoms with E-state index in [1.54, 1.807) is 0 Å². The third-order valence-corrected chi connectivity index (χ3v) is 6.34. The van der Waals surface area contributed by atoms with Gasteiger partial charge in [0.15, 0.2) is 5.58 Å². The van der Waals surface area contributed by atoms with E-state index in [0.717, 1.165) is 34.8 Å². The Morgan fingerprint density at radius 1 is 0.840 bits per heavy atom. The number of hydrogen-bond acceptors (Lipinski definition) is 1. The van der Waals surface area contributed by atoms with Gasteiger partial charge in [-0.15, -0.1) is 0 Å². The Morgan fingerprint density at radius 2 is 1.64 bits per heavy atom. The lowest BCUT2D eigenvalue weighted by molar-refractivity contribution is 0.490. The second-order valence-electron chi connectivity index (χ2n) is 6.95. The maximum absolute atomic E-state index is 6.35. The van der Waals surface area contributed by atoms with Gasteiger partial charge in [0.1, 0.15) is 5.58 Å². The van der Waals surface area contributed by atoms with E-state index >= 15 is 0 Å². The highest BCUT2D eigenvalue weighted by molar-refractivity contribution is 6.35. The lowest BCUT2D eigenvalue weighted by Crippen LogP contribution is -2.22. The molecule has 0 bridgehead atoms. The standard InChI is InChI=1S/C23H19ClO/c1-3-23(4-2)18-10-6-5-8-14(18)16-12-17-15-9-7-11-20(24)22(15)25-21(17)13-19(16)23/h5-13H,3-4H2,1-2H3. The summed E-state index contributed by atoms with van der Waals surface area (Å²) in [5.41, 5.74) is 7.33. The number of halogens is 1. The average molecular weight is 347 g/mol. The predicted molar refractivity (Wildman–Crippen MR) is 106 cm³/mol. The van der Waals surface area contributed by atoms with Gasteiger partial charge in [0, 0.05) is 16.2 Å². The minimum absolute atomic E-state index is 0.0723. The fourth-order valence-electron chi connectivity index (χ4n) is 4.72. The summed E-state index contributed by atoms with van der Waals surface area (Å²) in [6.45, 7) is 4.57. The number of furan rings is 1. The summed E-state index contributed by atoms with van der Waals surface area (Å²) in [7, 11) is 0. The Hall–Kier alpha value is -2.25. The Labute approximate surface area is 152 Å². The second kappa shape index (κ2) is 5.12. The van der Waals surface area contributed by atoms with Gasteiger partial charge in [0.2, 0.25) is 0 Å². The molecule has 25 heavy (non-hydrogen) atoms. The lowest BCUT2D eigenvalue weighted by atomic mass is 9.74. The van der Waals surface area contributed by atoms with Gasteiger partial charge in [0.05, 0.1) is 5.02 Å². The number of para-hydroxylation sites is 1. The number of benzene rings is 3. The van der Waals surface area contributed by atoms with Gasteiger partial charge >= 0.3 is 0 Å². The molecule has 1 nitrogen and oxygen atoms in total.